The highest BCUT2D eigenvalue weighted by Gasteiger charge is 2.18. The van der Waals surface area contributed by atoms with Crippen molar-refractivity contribution in [1.29, 1.82) is 0 Å². The first kappa shape index (κ1) is 14.4. The molecule has 0 unspecified atom stereocenters. The lowest BCUT2D eigenvalue weighted by molar-refractivity contribution is 0.281. The topological polar surface area (TPSA) is 79.3 Å². The Labute approximate surface area is 119 Å². The molecule has 2 N–H and O–H groups in total. The molecule has 2 aromatic rings. The molecule has 1 heterocycles. The first-order valence-corrected chi connectivity index (χ1v) is 8.04. The van der Waals surface area contributed by atoms with Crippen molar-refractivity contribution in [2.24, 2.45) is 0 Å². The molecule has 0 aliphatic carbocycles. The van der Waals surface area contributed by atoms with Gasteiger partial charge in [0.15, 0.2) is 0 Å². The van der Waals surface area contributed by atoms with Gasteiger partial charge in [0.2, 0.25) is 10.0 Å². The largest absolute Gasteiger partial charge is 0.392 e. The predicted octanol–water partition coefficient (Wildman–Crippen LogP) is 1.77. The second-order valence-electron chi connectivity index (χ2n) is 3.67. The van der Waals surface area contributed by atoms with E-state index < -0.39 is 10.0 Å². The SMILES string of the molecule is O=S(=O)(NCc1nccs1)c1cc(CO)ccc1Cl. The minimum Gasteiger partial charge on any atom is -0.392 e. The fraction of sp³-hybridized carbons (Fsp3) is 0.182. The van der Waals surface area contributed by atoms with Crippen LogP contribution in [0.3, 0.4) is 0 Å². The maximum Gasteiger partial charge on any atom is 0.242 e. The Balaban J connectivity index is 2.23. The lowest BCUT2D eigenvalue weighted by Crippen LogP contribution is -2.23. The molecule has 19 heavy (non-hydrogen) atoms. The molecule has 0 saturated carbocycles. The smallest absolute Gasteiger partial charge is 0.242 e. The molecule has 0 atom stereocenters. The molecular formula is C11H11ClN2O3S2. The lowest BCUT2D eigenvalue weighted by Gasteiger charge is -2.08. The highest BCUT2D eigenvalue weighted by Crippen LogP contribution is 2.23. The molecule has 0 spiro atoms. The van der Waals surface area contributed by atoms with Crippen molar-refractivity contribution in [2.75, 3.05) is 0 Å². The van der Waals surface area contributed by atoms with Gasteiger partial charge in [-0.25, -0.2) is 18.1 Å². The summed E-state index contributed by atoms with van der Waals surface area (Å²) in [5.41, 5.74) is 0.485. The Morgan fingerprint density at radius 3 is 2.84 bits per heavy atom. The number of aliphatic hydroxyl groups is 1. The average Bonchev–Trinajstić information content (AvgIpc) is 2.90. The Bertz CT molecular complexity index is 657. The van der Waals surface area contributed by atoms with Gasteiger partial charge in [-0.15, -0.1) is 11.3 Å². The number of halogens is 1. The molecule has 0 aliphatic rings. The zero-order chi connectivity index (χ0) is 13.9. The van der Waals surface area contributed by atoms with E-state index in [0.29, 0.717) is 10.6 Å². The van der Waals surface area contributed by atoms with Crippen molar-refractivity contribution in [3.05, 3.63) is 45.4 Å². The van der Waals surface area contributed by atoms with Crippen molar-refractivity contribution >= 4 is 33.0 Å². The van der Waals surface area contributed by atoms with E-state index in [1.165, 1.54) is 23.5 Å². The number of hydrogen-bond acceptors (Lipinski definition) is 5. The molecule has 8 heteroatoms. The monoisotopic (exact) mass is 318 g/mol. The summed E-state index contributed by atoms with van der Waals surface area (Å²) in [6, 6.07) is 4.37. The van der Waals surface area contributed by atoms with E-state index in [1.807, 2.05) is 0 Å². The van der Waals surface area contributed by atoms with Crippen molar-refractivity contribution in [3.63, 3.8) is 0 Å². The summed E-state index contributed by atoms with van der Waals surface area (Å²) in [5, 5.41) is 11.6. The van der Waals surface area contributed by atoms with Crippen LogP contribution in [0.25, 0.3) is 0 Å². The third-order valence-electron chi connectivity index (χ3n) is 2.36. The van der Waals surface area contributed by atoms with E-state index in [1.54, 1.807) is 17.6 Å². The standard InChI is InChI=1S/C11H11ClN2O3S2/c12-9-2-1-8(7-15)5-10(9)19(16,17)14-6-11-13-3-4-18-11/h1-5,14-15H,6-7H2. The minimum atomic E-state index is -3.73. The highest BCUT2D eigenvalue weighted by molar-refractivity contribution is 7.89. The van der Waals surface area contributed by atoms with Crippen molar-refractivity contribution in [3.8, 4) is 0 Å². The average molecular weight is 319 g/mol. The third kappa shape index (κ3) is 3.52. The summed E-state index contributed by atoms with van der Waals surface area (Å²) in [7, 11) is -3.73. The lowest BCUT2D eigenvalue weighted by atomic mass is 10.2. The second-order valence-corrected chi connectivity index (χ2v) is 6.79. The van der Waals surface area contributed by atoms with Crippen LogP contribution in [0.4, 0.5) is 0 Å². The van der Waals surface area contributed by atoms with E-state index in [2.05, 4.69) is 9.71 Å². The molecule has 0 saturated heterocycles. The van der Waals surface area contributed by atoms with Gasteiger partial charge >= 0.3 is 0 Å². The van der Waals surface area contributed by atoms with Crippen LogP contribution in [0.2, 0.25) is 5.02 Å². The fourth-order valence-electron chi connectivity index (χ4n) is 1.43. The van der Waals surface area contributed by atoms with Crippen LogP contribution in [0.5, 0.6) is 0 Å². The van der Waals surface area contributed by atoms with Gasteiger partial charge in [-0.1, -0.05) is 17.7 Å². The molecule has 1 aromatic heterocycles. The van der Waals surface area contributed by atoms with E-state index in [9.17, 15) is 8.42 Å². The number of rotatable bonds is 5. The zero-order valence-corrected chi connectivity index (χ0v) is 12.1. The number of nitrogens with one attached hydrogen (secondary N) is 1. The Kier molecular flexibility index (Phi) is 4.54. The molecule has 2 rings (SSSR count). The number of aliphatic hydroxyl groups excluding tert-OH is 1. The minimum absolute atomic E-state index is 0.0442. The van der Waals surface area contributed by atoms with Gasteiger partial charge in [-0.3, -0.25) is 0 Å². The number of hydrogen-bond donors (Lipinski definition) is 2. The van der Waals surface area contributed by atoms with Crippen LogP contribution >= 0.6 is 22.9 Å². The number of aromatic nitrogens is 1. The summed E-state index contributed by atoms with van der Waals surface area (Å²) in [6.45, 7) is -0.133. The summed E-state index contributed by atoms with van der Waals surface area (Å²) < 4.78 is 26.7. The van der Waals surface area contributed by atoms with E-state index in [4.69, 9.17) is 16.7 Å². The molecule has 0 bridgehead atoms. The first-order valence-electron chi connectivity index (χ1n) is 5.30. The normalized spacial score (nSPS) is 11.7. The van der Waals surface area contributed by atoms with Crippen LogP contribution < -0.4 is 4.72 Å². The number of thiazole rings is 1. The van der Waals surface area contributed by atoms with Gasteiger partial charge in [-0.2, -0.15) is 0 Å². The highest BCUT2D eigenvalue weighted by atomic mass is 35.5. The summed E-state index contributed by atoms with van der Waals surface area (Å²) >= 11 is 7.24. The molecular weight excluding hydrogens is 308 g/mol. The number of benzene rings is 1. The Morgan fingerprint density at radius 2 is 2.21 bits per heavy atom. The van der Waals surface area contributed by atoms with E-state index >= 15 is 0 Å². The van der Waals surface area contributed by atoms with Crippen LogP contribution in [0.15, 0.2) is 34.7 Å². The van der Waals surface area contributed by atoms with Gasteiger partial charge in [-0.05, 0) is 17.7 Å². The molecule has 1 aromatic carbocycles. The van der Waals surface area contributed by atoms with Crippen LogP contribution in [-0.2, 0) is 23.2 Å². The first-order chi connectivity index (χ1) is 9.03. The summed E-state index contributed by atoms with van der Waals surface area (Å²) in [4.78, 5) is 3.94. The van der Waals surface area contributed by atoms with Gasteiger partial charge in [0.1, 0.15) is 9.90 Å². The number of sulfonamides is 1. The molecule has 0 radical (unpaired) electrons. The second kappa shape index (κ2) is 5.98. The maximum absolute atomic E-state index is 12.1. The molecule has 102 valence electrons. The van der Waals surface area contributed by atoms with Gasteiger partial charge < -0.3 is 5.11 Å². The fourth-order valence-corrected chi connectivity index (χ4v) is 3.61. The van der Waals surface area contributed by atoms with Gasteiger partial charge in [0, 0.05) is 11.6 Å². The van der Waals surface area contributed by atoms with Crippen LogP contribution in [0.1, 0.15) is 10.6 Å². The van der Waals surface area contributed by atoms with Gasteiger partial charge in [0.05, 0.1) is 18.2 Å². The van der Waals surface area contributed by atoms with Crippen molar-refractivity contribution < 1.29 is 13.5 Å². The summed E-state index contributed by atoms with van der Waals surface area (Å²) in [5.74, 6) is 0. The Hall–Kier alpha value is -0.990. The molecule has 0 fully saturated rings. The molecule has 0 aliphatic heterocycles. The number of nitrogens with zero attached hydrogens (tertiary/aromatic N) is 1. The zero-order valence-electron chi connectivity index (χ0n) is 9.71. The third-order valence-corrected chi connectivity index (χ3v) is 5.03. The quantitative estimate of drug-likeness (QED) is 0.880. The van der Waals surface area contributed by atoms with Crippen LogP contribution in [0, 0.1) is 0 Å². The van der Waals surface area contributed by atoms with E-state index in [0.717, 1.165) is 0 Å². The Morgan fingerprint density at radius 1 is 1.42 bits per heavy atom. The van der Waals surface area contributed by atoms with Gasteiger partial charge in [0.25, 0.3) is 0 Å². The van der Waals surface area contributed by atoms with Crippen LogP contribution in [-0.4, -0.2) is 18.5 Å². The molecule has 0 amide bonds. The van der Waals surface area contributed by atoms with E-state index in [-0.39, 0.29) is 23.1 Å². The molecule has 5 nitrogen and oxygen atoms in total. The predicted molar refractivity (Wildman–Crippen MR) is 73.5 cm³/mol. The maximum atomic E-state index is 12.1. The van der Waals surface area contributed by atoms with Crippen molar-refractivity contribution in [2.45, 2.75) is 18.0 Å². The summed E-state index contributed by atoms with van der Waals surface area (Å²) in [6.07, 6.45) is 1.60. The van der Waals surface area contributed by atoms with Crippen molar-refractivity contribution in [1.82, 2.24) is 9.71 Å².